The highest BCUT2D eigenvalue weighted by Crippen LogP contribution is 2.21. The normalized spacial score (nSPS) is 13.9. The Morgan fingerprint density at radius 2 is 2.35 bits per heavy atom. The molecule has 2 aromatic rings. The summed E-state index contributed by atoms with van der Waals surface area (Å²) in [5, 5.41) is 0. The molecule has 0 aliphatic carbocycles. The maximum atomic E-state index is 12.2. The Bertz CT molecular complexity index is 608. The van der Waals surface area contributed by atoms with E-state index in [1.54, 1.807) is 17.0 Å². The second kappa shape index (κ2) is 5.36. The molecule has 1 aliphatic heterocycles. The molecule has 2 aromatic heterocycles. The highest BCUT2D eigenvalue weighted by molar-refractivity contribution is 5.91. The fraction of sp³-hybridized carbons (Fsp3) is 0.333. The van der Waals surface area contributed by atoms with Crippen LogP contribution >= 0.6 is 0 Å². The van der Waals surface area contributed by atoms with Crippen LogP contribution in [0.4, 0.5) is 0 Å². The van der Waals surface area contributed by atoms with Crippen LogP contribution in [0.5, 0.6) is 5.88 Å². The summed E-state index contributed by atoms with van der Waals surface area (Å²) >= 11 is 0. The van der Waals surface area contributed by atoms with E-state index in [1.807, 2.05) is 19.1 Å². The van der Waals surface area contributed by atoms with E-state index in [-0.39, 0.29) is 5.91 Å². The molecule has 0 saturated heterocycles. The van der Waals surface area contributed by atoms with Crippen molar-refractivity contribution in [2.24, 2.45) is 0 Å². The largest absolute Gasteiger partial charge is 0.478 e. The zero-order chi connectivity index (χ0) is 13.9. The quantitative estimate of drug-likeness (QED) is 0.860. The molecule has 0 spiro atoms. The second-order valence-corrected chi connectivity index (χ2v) is 4.64. The summed E-state index contributed by atoms with van der Waals surface area (Å²) in [6.45, 7) is 3.75. The summed E-state index contributed by atoms with van der Waals surface area (Å²) in [6.07, 6.45) is 2.25. The van der Waals surface area contributed by atoms with Crippen molar-refractivity contribution in [2.75, 3.05) is 13.2 Å². The van der Waals surface area contributed by atoms with Gasteiger partial charge in [0.25, 0.3) is 5.91 Å². The lowest BCUT2D eigenvalue weighted by molar-refractivity contribution is 0.0701. The zero-order valence-electron chi connectivity index (χ0n) is 11.3. The molecular weight excluding hydrogens is 256 g/mol. The van der Waals surface area contributed by atoms with E-state index >= 15 is 0 Å². The van der Waals surface area contributed by atoms with Crippen LogP contribution in [0.15, 0.2) is 34.9 Å². The first-order valence-corrected chi connectivity index (χ1v) is 6.72. The molecule has 1 aliphatic rings. The van der Waals surface area contributed by atoms with Gasteiger partial charge in [-0.2, -0.15) is 0 Å². The number of amides is 1. The molecule has 0 aromatic carbocycles. The fourth-order valence-electron chi connectivity index (χ4n) is 2.35. The topological polar surface area (TPSA) is 55.6 Å². The van der Waals surface area contributed by atoms with Crippen molar-refractivity contribution >= 4 is 5.91 Å². The Labute approximate surface area is 117 Å². The molecule has 0 atom stereocenters. The van der Waals surface area contributed by atoms with Gasteiger partial charge in [-0.1, -0.05) is 6.07 Å². The van der Waals surface area contributed by atoms with E-state index in [4.69, 9.17) is 9.15 Å². The van der Waals surface area contributed by atoms with Gasteiger partial charge in [0.05, 0.1) is 18.6 Å². The molecule has 3 heterocycles. The first-order valence-electron chi connectivity index (χ1n) is 6.72. The molecule has 5 heteroatoms. The third-order valence-corrected chi connectivity index (χ3v) is 3.33. The first kappa shape index (κ1) is 12.7. The average molecular weight is 272 g/mol. The molecule has 5 nitrogen and oxygen atoms in total. The maximum absolute atomic E-state index is 12.2. The SMILES string of the molecule is CCOc1ccc2c(n1)CCN(C(=O)c1ccco1)C2. The molecule has 0 radical (unpaired) electrons. The van der Waals surface area contributed by atoms with Crippen LogP contribution in [-0.2, 0) is 13.0 Å². The number of pyridine rings is 1. The Morgan fingerprint density at radius 3 is 3.10 bits per heavy atom. The van der Waals surface area contributed by atoms with Crippen LogP contribution < -0.4 is 4.74 Å². The van der Waals surface area contributed by atoms with Crippen LogP contribution in [0.25, 0.3) is 0 Å². The molecule has 0 N–H and O–H groups in total. The van der Waals surface area contributed by atoms with Crippen LogP contribution in [-0.4, -0.2) is 28.9 Å². The lowest BCUT2D eigenvalue weighted by Gasteiger charge is -2.27. The Balaban J connectivity index is 1.77. The molecule has 20 heavy (non-hydrogen) atoms. The number of fused-ring (bicyclic) bond motifs is 1. The summed E-state index contributed by atoms with van der Waals surface area (Å²) in [5.74, 6) is 0.957. The van der Waals surface area contributed by atoms with E-state index in [2.05, 4.69) is 4.98 Å². The number of hydrogen-bond acceptors (Lipinski definition) is 4. The van der Waals surface area contributed by atoms with Crippen molar-refractivity contribution in [3.05, 3.63) is 47.5 Å². The molecule has 1 amide bonds. The number of carbonyl (C=O) groups excluding carboxylic acids is 1. The van der Waals surface area contributed by atoms with E-state index in [1.165, 1.54) is 6.26 Å². The number of hydrogen-bond donors (Lipinski definition) is 0. The van der Waals surface area contributed by atoms with Gasteiger partial charge in [0.2, 0.25) is 5.88 Å². The lowest BCUT2D eigenvalue weighted by Crippen LogP contribution is -2.36. The highest BCUT2D eigenvalue weighted by Gasteiger charge is 2.24. The third kappa shape index (κ3) is 2.39. The Kier molecular flexibility index (Phi) is 3.41. The van der Waals surface area contributed by atoms with Crippen LogP contribution in [0.2, 0.25) is 0 Å². The van der Waals surface area contributed by atoms with Crippen molar-refractivity contribution in [1.82, 2.24) is 9.88 Å². The summed E-state index contributed by atoms with van der Waals surface area (Å²) in [7, 11) is 0. The molecule has 0 saturated carbocycles. The number of nitrogens with zero attached hydrogens (tertiary/aromatic N) is 2. The zero-order valence-corrected chi connectivity index (χ0v) is 11.3. The fourth-order valence-corrected chi connectivity index (χ4v) is 2.35. The number of carbonyl (C=O) groups is 1. The van der Waals surface area contributed by atoms with Crippen LogP contribution in [0.3, 0.4) is 0 Å². The summed E-state index contributed by atoms with van der Waals surface area (Å²) in [6, 6.07) is 7.24. The maximum Gasteiger partial charge on any atom is 0.289 e. The van der Waals surface area contributed by atoms with E-state index in [0.717, 1.165) is 17.7 Å². The molecular formula is C15H16N2O3. The van der Waals surface area contributed by atoms with Crippen molar-refractivity contribution in [1.29, 1.82) is 0 Å². The number of rotatable bonds is 3. The van der Waals surface area contributed by atoms with Crippen LogP contribution in [0, 0.1) is 0 Å². The Hall–Kier alpha value is -2.30. The minimum absolute atomic E-state index is 0.0745. The molecule has 0 bridgehead atoms. The highest BCUT2D eigenvalue weighted by atomic mass is 16.5. The molecule has 3 rings (SSSR count). The molecule has 0 fully saturated rings. The van der Waals surface area contributed by atoms with Gasteiger partial charge in [-0.25, -0.2) is 4.98 Å². The molecule has 0 unspecified atom stereocenters. The van der Waals surface area contributed by atoms with Crippen molar-refractivity contribution in [3.63, 3.8) is 0 Å². The number of furan rings is 1. The summed E-state index contributed by atoms with van der Waals surface area (Å²) < 4.78 is 10.6. The predicted molar refractivity (Wildman–Crippen MR) is 72.6 cm³/mol. The predicted octanol–water partition coefficient (Wildman–Crippen LogP) is 2.27. The molecule has 104 valence electrons. The van der Waals surface area contributed by atoms with Gasteiger partial charge < -0.3 is 14.1 Å². The van der Waals surface area contributed by atoms with Gasteiger partial charge in [-0.15, -0.1) is 0 Å². The Morgan fingerprint density at radius 1 is 1.45 bits per heavy atom. The minimum Gasteiger partial charge on any atom is -0.478 e. The van der Waals surface area contributed by atoms with E-state index in [0.29, 0.717) is 31.3 Å². The van der Waals surface area contributed by atoms with Crippen molar-refractivity contribution < 1.29 is 13.9 Å². The summed E-state index contributed by atoms with van der Waals surface area (Å²) in [5.41, 5.74) is 2.08. The first-order chi connectivity index (χ1) is 9.78. The van der Waals surface area contributed by atoms with Gasteiger partial charge in [0.1, 0.15) is 0 Å². The van der Waals surface area contributed by atoms with E-state index < -0.39 is 0 Å². The van der Waals surface area contributed by atoms with Crippen molar-refractivity contribution in [2.45, 2.75) is 19.9 Å². The van der Waals surface area contributed by atoms with Gasteiger partial charge >= 0.3 is 0 Å². The third-order valence-electron chi connectivity index (χ3n) is 3.33. The van der Waals surface area contributed by atoms with Gasteiger partial charge in [-0.05, 0) is 24.6 Å². The van der Waals surface area contributed by atoms with Gasteiger partial charge in [0, 0.05) is 25.6 Å². The van der Waals surface area contributed by atoms with Gasteiger partial charge in [-0.3, -0.25) is 4.79 Å². The minimum atomic E-state index is -0.0745. The van der Waals surface area contributed by atoms with Gasteiger partial charge in [0.15, 0.2) is 5.76 Å². The number of aromatic nitrogens is 1. The lowest BCUT2D eigenvalue weighted by atomic mass is 10.1. The standard InChI is InChI=1S/C15H16N2O3/c1-2-19-14-6-5-11-10-17(8-7-12(11)16-14)15(18)13-4-3-9-20-13/h3-6,9H,2,7-8,10H2,1H3. The monoisotopic (exact) mass is 272 g/mol. The number of ether oxygens (including phenoxy) is 1. The summed E-state index contributed by atoms with van der Waals surface area (Å²) in [4.78, 5) is 18.5. The van der Waals surface area contributed by atoms with E-state index in [9.17, 15) is 4.79 Å². The van der Waals surface area contributed by atoms with Crippen molar-refractivity contribution in [3.8, 4) is 5.88 Å². The smallest absolute Gasteiger partial charge is 0.289 e. The second-order valence-electron chi connectivity index (χ2n) is 4.64. The average Bonchev–Trinajstić information content (AvgIpc) is 3.00. The van der Waals surface area contributed by atoms with Crippen LogP contribution in [0.1, 0.15) is 28.7 Å².